The molecule has 2 N–H and O–H groups in total. The maximum absolute atomic E-state index is 3.82. The van der Waals surface area contributed by atoms with Gasteiger partial charge in [-0.3, -0.25) is 0 Å². The number of rotatable bonds is 1. The number of H-pyrrole nitrogens is 2. The molecular formula is C6H6N4. The van der Waals surface area contributed by atoms with Crippen LogP contribution in [0.3, 0.4) is 0 Å². The Bertz CT molecular complexity index is 249. The van der Waals surface area contributed by atoms with Crippen molar-refractivity contribution in [2.45, 2.75) is 0 Å². The van der Waals surface area contributed by atoms with Crippen LogP contribution in [-0.2, 0) is 0 Å². The van der Waals surface area contributed by atoms with Crippen LogP contribution >= 0.6 is 0 Å². The SMILES string of the molecule is c1c[nH]c(-c2nnc[nH]2)c1. The Morgan fingerprint density at radius 1 is 1.30 bits per heavy atom. The molecule has 0 amide bonds. The van der Waals surface area contributed by atoms with Crippen molar-refractivity contribution in [2.75, 3.05) is 0 Å². The number of aromatic nitrogens is 4. The van der Waals surface area contributed by atoms with Crippen molar-refractivity contribution in [3.63, 3.8) is 0 Å². The highest BCUT2D eigenvalue weighted by atomic mass is 15.2. The van der Waals surface area contributed by atoms with Crippen molar-refractivity contribution in [3.8, 4) is 11.5 Å². The van der Waals surface area contributed by atoms with E-state index in [1.54, 1.807) is 6.33 Å². The molecule has 0 fully saturated rings. The van der Waals surface area contributed by atoms with Crippen LogP contribution in [0.5, 0.6) is 0 Å². The van der Waals surface area contributed by atoms with Crippen LogP contribution in [0.25, 0.3) is 11.5 Å². The Kier molecular flexibility index (Phi) is 1.04. The van der Waals surface area contributed by atoms with E-state index in [4.69, 9.17) is 0 Å². The summed E-state index contributed by atoms with van der Waals surface area (Å²) in [6.45, 7) is 0. The van der Waals surface area contributed by atoms with Crippen LogP contribution in [-0.4, -0.2) is 20.2 Å². The van der Waals surface area contributed by atoms with Crippen molar-refractivity contribution in [1.82, 2.24) is 20.2 Å². The molecule has 4 nitrogen and oxygen atoms in total. The Morgan fingerprint density at radius 2 is 2.30 bits per heavy atom. The fourth-order valence-corrected chi connectivity index (χ4v) is 0.815. The van der Waals surface area contributed by atoms with Crippen molar-refractivity contribution < 1.29 is 0 Å². The van der Waals surface area contributed by atoms with E-state index >= 15 is 0 Å². The standard InChI is InChI=1S/C6H6N4/c1-2-5(7-3-1)6-8-4-9-10-6/h1-4,7H,(H,8,9,10). The third kappa shape index (κ3) is 0.699. The van der Waals surface area contributed by atoms with Gasteiger partial charge in [0.2, 0.25) is 0 Å². The number of nitrogens with zero attached hydrogens (tertiary/aromatic N) is 2. The highest BCUT2D eigenvalue weighted by molar-refractivity contribution is 5.47. The second-order valence-corrected chi connectivity index (χ2v) is 1.92. The molecule has 0 unspecified atom stereocenters. The first kappa shape index (κ1) is 5.22. The molecule has 0 aliphatic carbocycles. The molecule has 2 rings (SSSR count). The average Bonchev–Trinajstić information content (AvgIpc) is 2.59. The van der Waals surface area contributed by atoms with Crippen LogP contribution in [0.1, 0.15) is 0 Å². The summed E-state index contributed by atoms with van der Waals surface area (Å²) in [7, 11) is 0. The van der Waals surface area contributed by atoms with Crippen molar-refractivity contribution in [2.24, 2.45) is 0 Å². The minimum atomic E-state index is 0.769. The normalized spacial score (nSPS) is 10.0. The molecule has 0 atom stereocenters. The smallest absolute Gasteiger partial charge is 0.177 e. The van der Waals surface area contributed by atoms with Crippen molar-refractivity contribution in [3.05, 3.63) is 24.7 Å². The molecule has 0 bridgehead atoms. The Balaban J connectivity index is 2.48. The molecule has 2 aromatic rings. The highest BCUT2D eigenvalue weighted by Gasteiger charge is 1.97. The van der Waals surface area contributed by atoms with Crippen LogP contribution in [0.2, 0.25) is 0 Å². The zero-order chi connectivity index (χ0) is 6.81. The second-order valence-electron chi connectivity index (χ2n) is 1.92. The molecule has 2 heterocycles. The van der Waals surface area contributed by atoms with Crippen LogP contribution in [0.15, 0.2) is 24.7 Å². The zero-order valence-corrected chi connectivity index (χ0v) is 5.20. The van der Waals surface area contributed by atoms with E-state index in [1.165, 1.54) is 0 Å². The van der Waals surface area contributed by atoms with Gasteiger partial charge in [0.15, 0.2) is 5.82 Å². The fraction of sp³-hybridized carbons (Fsp3) is 0. The lowest BCUT2D eigenvalue weighted by Gasteiger charge is -1.85. The number of hydrogen-bond donors (Lipinski definition) is 2. The van der Waals surface area contributed by atoms with Gasteiger partial charge in [-0.2, -0.15) is 0 Å². The van der Waals surface area contributed by atoms with E-state index in [0.29, 0.717) is 0 Å². The predicted octanol–water partition coefficient (Wildman–Crippen LogP) is 0.800. The van der Waals surface area contributed by atoms with Gasteiger partial charge in [0.05, 0.1) is 5.69 Å². The Labute approximate surface area is 57.3 Å². The Morgan fingerprint density at radius 3 is 2.90 bits per heavy atom. The molecule has 0 radical (unpaired) electrons. The average molecular weight is 134 g/mol. The number of aromatic amines is 2. The minimum Gasteiger partial charge on any atom is -0.359 e. The summed E-state index contributed by atoms with van der Waals surface area (Å²) in [4.78, 5) is 5.89. The zero-order valence-electron chi connectivity index (χ0n) is 5.20. The fourth-order valence-electron chi connectivity index (χ4n) is 0.815. The van der Waals surface area contributed by atoms with Crippen molar-refractivity contribution in [1.29, 1.82) is 0 Å². The summed E-state index contributed by atoms with van der Waals surface area (Å²) < 4.78 is 0. The van der Waals surface area contributed by atoms with Gasteiger partial charge in [0.1, 0.15) is 6.33 Å². The lowest BCUT2D eigenvalue weighted by atomic mass is 10.4. The summed E-state index contributed by atoms with van der Waals surface area (Å²) in [5, 5.41) is 7.47. The van der Waals surface area contributed by atoms with E-state index < -0.39 is 0 Å². The largest absolute Gasteiger partial charge is 0.359 e. The van der Waals surface area contributed by atoms with Gasteiger partial charge in [0, 0.05) is 6.20 Å². The Hall–Kier alpha value is -1.58. The summed E-state index contributed by atoms with van der Waals surface area (Å²) in [6.07, 6.45) is 3.40. The molecule has 4 heteroatoms. The minimum absolute atomic E-state index is 0.769. The van der Waals surface area contributed by atoms with Gasteiger partial charge in [-0.1, -0.05) is 0 Å². The summed E-state index contributed by atoms with van der Waals surface area (Å²) in [6, 6.07) is 3.85. The number of nitrogens with one attached hydrogen (secondary N) is 2. The van der Waals surface area contributed by atoms with E-state index in [9.17, 15) is 0 Å². The molecular weight excluding hydrogens is 128 g/mol. The predicted molar refractivity (Wildman–Crippen MR) is 36.2 cm³/mol. The van der Waals surface area contributed by atoms with Gasteiger partial charge in [-0.15, -0.1) is 10.2 Å². The van der Waals surface area contributed by atoms with Gasteiger partial charge >= 0.3 is 0 Å². The van der Waals surface area contributed by atoms with E-state index in [2.05, 4.69) is 20.2 Å². The molecule has 0 aromatic carbocycles. The molecule has 0 aliphatic rings. The van der Waals surface area contributed by atoms with Crippen molar-refractivity contribution >= 4 is 0 Å². The third-order valence-corrected chi connectivity index (χ3v) is 1.27. The quantitative estimate of drug-likeness (QED) is 0.606. The lowest BCUT2D eigenvalue weighted by Crippen LogP contribution is -1.78. The first-order valence-electron chi connectivity index (χ1n) is 2.96. The second kappa shape index (κ2) is 1.98. The topological polar surface area (TPSA) is 57.4 Å². The van der Waals surface area contributed by atoms with E-state index in [-0.39, 0.29) is 0 Å². The van der Waals surface area contributed by atoms with Gasteiger partial charge in [-0.25, -0.2) is 0 Å². The van der Waals surface area contributed by atoms with E-state index in [1.807, 2.05) is 18.3 Å². The maximum atomic E-state index is 3.82. The molecule has 0 saturated carbocycles. The molecule has 2 aromatic heterocycles. The first-order chi connectivity index (χ1) is 4.97. The van der Waals surface area contributed by atoms with Gasteiger partial charge in [0.25, 0.3) is 0 Å². The molecule has 0 aliphatic heterocycles. The third-order valence-electron chi connectivity index (χ3n) is 1.27. The van der Waals surface area contributed by atoms with Gasteiger partial charge < -0.3 is 9.97 Å². The first-order valence-corrected chi connectivity index (χ1v) is 2.96. The van der Waals surface area contributed by atoms with Crippen LogP contribution in [0.4, 0.5) is 0 Å². The molecule has 50 valence electrons. The molecule has 0 saturated heterocycles. The van der Waals surface area contributed by atoms with Crippen LogP contribution in [0, 0.1) is 0 Å². The van der Waals surface area contributed by atoms with Gasteiger partial charge in [-0.05, 0) is 12.1 Å². The molecule has 10 heavy (non-hydrogen) atoms. The monoisotopic (exact) mass is 134 g/mol. The maximum Gasteiger partial charge on any atom is 0.177 e. The molecule has 0 spiro atoms. The summed E-state index contributed by atoms with van der Waals surface area (Å²) >= 11 is 0. The highest BCUT2D eigenvalue weighted by Crippen LogP contribution is 2.07. The van der Waals surface area contributed by atoms with E-state index in [0.717, 1.165) is 11.5 Å². The van der Waals surface area contributed by atoms with Crippen LogP contribution < -0.4 is 0 Å². The lowest BCUT2D eigenvalue weighted by molar-refractivity contribution is 1.09. The summed E-state index contributed by atoms with van der Waals surface area (Å²) in [5.41, 5.74) is 0.956. The summed E-state index contributed by atoms with van der Waals surface area (Å²) in [5.74, 6) is 0.769. The number of hydrogen-bond acceptors (Lipinski definition) is 2.